The number of hydrogen-bond donors (Lipinski definition) is 1. The first-order valence-corrected chi connectivity index (χ1v) is 8.39. The Labute approximate surface area is 129 Å². The number of carbonyl (C=O) groups is 1. The molecule has 0 fully saturated rings. The minimum Gasteiger partial charge on any atom is -0.351 e. The third kappa shape index (κ3) is 3.33. The minimum atomic E-state index is -0.0208. The van der Waals surface area contributed by atoms with Gasteiger partial charge in [-0.25, -0.2) is 0 Å². The van der Waals surface area contributed by atoms with Gasteiger partial charge in [-0.15, -0.1) is 22.7 Å². The summed E-state index contributed by atoms with van der Waals surface area (Å²) in [5.41, 5.74) is 0.735. The van der Waals surface area contributed by atoms with Crippen LogP contribution in [0.25, 0.3) is 0 Å². The van der Waals surface area contributed by atoms with Crippen molar-refractivity contribution in [1.29, 1.82) is 0 Å². The van der Waals surface area contributed by atoms with E-state index >= 15 is 0 Å². The van der Waals surface area contributed by atoms with Gasteiger partial charge in [0.05, 0.1) is 8.45 Å². The molecule has 96 valence electrons. The van der Waals surface area contributed by atoms with Crippen molar-refractivity contribution in [2.45, 2.75) is 19.3 Å². The molecule has 5 heteroatoms. The van der Waals surface area contributed by atoms with Crippen molar-refractivity contribution in [2.24, 2.45) is 0 Å². The highest BCUT2D eigenvalue weighted by atomic mass is 127. The number of halogens is 1. The number of nitrogens with one attached hydrogen (secondary N) is 1. The summed E-state index contributed by atoms with van der Waals surface area (Å²) in [6, 6.07) is 6.08. The molecular formula is C13H14INOS2. The van der Waals surface area contributed by atoms with Gasteiger partial charge in [-0.2, -0.15) is 0 Å². The fraction of sp³-hybridized carbons (Fsp3) is 0.308. The number of amides is 1. The Morgan fingerprint density at radius 3 is 2.78 bits per heavy atom. The number of hydrogen-bond acceptors (Lipinski definition) is 3. The highest BCUT2D eigenvalue weighted by Gasteiger charge is 2.22. The van der Waals surface area contributed by atoms with Crippen LogP contribution >= 0.6 is 45.3 Å². The van der Waals surface area contributed by atoms with Crippen LogP contribution in [0.5, 0.6) is 0 Å². The van der Waals surface area contributed by atoms with Gasteiger partial charge in [0.15, 0.2) is 0 Å². The molecule has 2 aromatic heterocycles. The number of rotatable bonds is 4. The van der Waals surface area contributed by atoms with Crippen molar-refractivity contribution in [3.63, 3.8) is 0 Å². The van der Waals surface area contributed by atoms with Gasteiger partial charge in [0.25, 0.3) is 5.91 Å². The van der Waals surface area contributed by atoms with Gasteiger partial charge < -0.3 is 5.32 Å². The predicted molar refractivity (Wildman–Crippen MR) is 86.7 cm³/mol. The summed E-state index contributed by atoms with van der Waals surface area (Å²) in [7, 11) is 0. The standard InChI is InChI=1S/C13H14INOS2/c1-13(2,10-4-3-5-17-10)8-15-12(16)9-6-11(14)18-7-9/h3-7H,8H2,1-2H3,(H,15,16). The van der Waals surface area contributed by atoms with Gasteiger partial charge in [0.1, 0.15) is 0 Å². The zero-order chi connectivity index (χ0) is 13.2. The molecular weight excluding hydrogens is 377 g/mol. The Morgan fingerprint density at radius 2 is 2.22 bits per heavy atom. The van der Waals surface area contributed by atoms with Gasteiger partial charge in [-0.3, -0.25) is 4.79 Å². The van der Waals surface area contributed by atoms with E-state index in [1.807, 2.05) is 17.5 Å². The van der Waals surface area contributed by atoms with Crippen molar-refractivity contribution in [1.82, 2.24) is 5.32 Å². The van der Waals surface area contributed by atoms with Crippen LogP contribution in [0.4, 0.5) is 0 Å². The van der Waals surface area contributed by atoms with E-state index in [0.717, 1.165) is 8.45 Å². The third-order valence-electron chi connectivity index (χ3n) is 2.71. The summed E-state index contributed by atoms with van der Waals surface area (Å²) in [6.45, 7) is 4.95. The first-order chi connectivity index (χ1) is 8.49. The van der Waals surface area contributed by atoms with Gasteiger partial charge in [0.2, 0.25) is 0 Å². The highest BCUT2D eigenvalue weighted by molar-refractivity contribution is 14.1. The maximum atomic E-state index is 12.0. The van der Waals surface area contributed by atoms with Crippen molar-refractivity contribution in [3.8, 4) is 0 Å². The molecule has 0 saturated carbocycles. The molecule has 0 bridgehead atoms. The number of thiophene rings is 2. The number of carbonyl (C=O) groups excluding carboxylic acids is 1. The first-order valence-electron chi connectivity index (χ1n) is 5.55. The van der Waals surface area contributed by atoms with E-state index in [2.05, 4.69) is 53.2 Å². The SMILES string of the molecule is CC(C)(CNC(=O)c1csc(I)c1)c1cccs1. The zero-order valence-corrected chi connectivity index (χ0v) is 14.0. The van der Waals surface area contributed by atoms with Crippen LogP contribution in [-0.2, 0) is 5.41 Å². The van der Waals surface area contributed by atoms with E-state index in [0.29, 0.717) is 6.54 Å². The second-order valence-corrected chi connectivity index (χ2v) is 8.44. The van der Waals surface area contributed by atoms with Crippen LogP contribution < -0.4 is 5.32 Å². The second-order valence-electron chi connectivity index (χ2n) is 4.68. The fourth-order valence-corrected chi connectivity index (χ4v) is 3.76. The van der Waals surface area contributed by atoms with Gasteiger partial charge >= 0.3 is 0 Å². The van der Waals surface area contributed by atoms with Crippen LogP contribution in [0, 0.1) is 2.88 Å². The Morgan fingerprint density at radius 1 is 1.44 bits per heavy atom. The molecule has 0 aliphatic heterocycles. The van der Waals surface area contributed by atoms with Gasteiger partial charge in [0, 0.05) is 22.2 Å². The molecule has 0 atom stereocenters. The average Bonchev–Trinajstić information content (AvgIpc) is 2.96. The monoisotopic (exact) mass is 391 g/mol. The summed E-state index contributed by atoms with van der Waals surface area (Å²) in [5, 5.41) is 6.98. The molecule has 2 nitrogen and oxygen atoms in total. The molecule has 18 heavy (non-hydrogen) atoms. The molecule has 0 aliphatic rings. The first kappa shape index (κ1) is 14.0. The van der Waals surface area contributed by atoms with Crippen LogP contribution in [0.2, 0.25) is 0 Å². The molecule has 2 rings (SSSR count). The Kier molecular flexibility index (Phi) is 4.45. The lowest BCUT2D eigenvalue weighted by atomic mass is 9.91. The summed E-state index contributed by atoms with van der Waals surface area (Å²) >= 11 is 5.55. The van der Waals surface area contributed by atoms with E-state index < -0.39 is 0 Å². The highest BCUT2D eigenvalue weighted by Crippen LogP contribution is 2.26. The predicted octanol–water partition coefficient (Wildman–Crippen LogP) is 4.12. The molecule has 0 unspecified atom stereocenters. The lowest BCUT2D eigenvalue weighted by Crippen LogP contribution is -2.36. The largest absolute Gasteiger partial charge is 0.351 e. The molecule has 2 aromatic rings. The van der Waals surface area contributed by atoms with E-state index in [9.17, 15) is 4.79 Å². The fourth-order valence-electron chi connectivity index (χ4n) is 1.58. The van der Waals surface area contributed by atoms with Crippen molar-refractivity contribution < 1.29 is 4.79 Å². The third-order valence-corrected chi connectivity index (χ3v) is 5.73. The average molecular weight is 391 g/mol. The van der Waals surface area contributed by atoms with Gasteiger partial charge in [-0.05, 0) is 40.1 Å². The molecule has 0 radical (unpaired) electrons. The normalized spacial score (nSPS) is 11.5. The Balaban J connectivity index is 1.98. The summed E-state index contributed by atoms with van der Waals surface area (Å²) in [4.78, 5) is 13.3. The lowest BCUT2D eigenvalue weighted by molar-refractivity contribution is 0.0946. The van der Waals surface area contributed by atoms with Crippen molar-refractivity contribution in [2.75, 3.05) is 6.54 Å². The topological polar surface area (TPSA) is 29.1 Å². The second kappa shape index (κ2) is 5.71. The molecule has 0 saturated heterocycles. The van der Waals surface area contributed by atoms with Crippen LogP contribution in [0.15, 0.2) is 29.0 Å². The Bertz CT molecular complexity index is 531. The van der Waals surface area contributed by atoms with Crippen LogP contribution in [0.1, 0.15) is 29.1 Å². The molecule has 2 heterocycles. The summed E-state index contributed by atoms with van der Waals surface area (Å²) in [6.07, 6.45) is 0. The van der Waals surface area contributed by atoms with Crippen molar-refractivity contribution in [3.05, 3.63) is 42.3 Å². The van der Waals surface area contributed by atoms with E-state index in [1.165, 1.54) is 4.88 Å². The van der Waals surface area contributed by atoms with Crippen LogP contribution in [-0.4, -0.2) is 12.5 Å². The maximum absolute atomic E-state index is 12.0. The molecule has 0 spiro atoms. The van der Waals surface area contributed by atoms with Crippen molar-refractivity contribution >= 4 is 51.2 Å². The zero-order valence-electron chi connectivity index (χ0n) is 10.2. The van der Waals surface area contributed by atoms with E-state index in [-0.39, 0.29) is 11.3 Å². The summed E-state index contributed by atoms with van der Waals surface area (Å²) < 4.78 is 1.13. The Hall–Kier alpha value is -0.400. The summed E-state index contributed by atoms with van der Waals surface area (Å²) in [5.74, 6) is 0.0128. The smallest absolute Gasteiger partial charge is 0.252 e. The molecule has 1 N–H and O–H groups in total. The van der Waals surface area contributed by atoms with Gasteiger partial charge in [-0.1, -0.05) is 19.9 Å². The maximum Gasteiger partial charge on any atom is 0.252 e. The van der Waals surface area contributed by atoms with E-state index in [4.69, 9.17) is 0 Å². The quantitative estimate of drug-likeness (QED) is 0.781. The minimum absolute atomic E-state index is 0.0128. The molecule has 0 aromatic carbocycles. The molecule has 1 amide bonds. The van der Waals surface area contributed by atoms with E-state index in [1.54, 1.807) is 22.7 Å². The molecule has 0 aliphatic carbocycles. The van der Waals surface area contributed by atoms with Crippen LogP contribution in [0.3, 0.4) is 0 Å². The lowest BCUT2D eigenvalue weighted by Gasteiger charge is -2.23.